The van der Waals surface area contributed by atoms with Gasteiger partial charge in [-0.1, -0.05) is 6.07 Å². The van der Waals surface area contributed by atoms with Gasteiger partial charge < -0.3 is 19.7 Å². The van der Waals surface area contributed by atoms with Crippen LogP contribution in [-0.4, -0.2) is 57.6 Å². The number of pyridine rings is 1. The Morgan fingerprint density at radius 3 is 2.41 bits per heavy atom. The first-order valence-corrected chi connectivity index (χ1v) is 9.88. The molecule has 4 heterocycles. The first kappa shape index (κ1) is 23.3. The normalized spacial score (nSPS) is 19.8. The lowest BCUT2D eigenvalue weighted by atomic mass is 9.74. The van der Waals surface area contributed by atoms with Crippen molar-refractivity contribution < 1.29 is 37.1 Å². The summed E-state index contributed by atoms with van der Waals surface area (Å²) in [5.74, 6) is -1.53. The number of hydrogen-bond donors (Lipinski definition) is 2. The minimum absolute atomic E-state index is 0.0785. The number of aryl methyl sites for hydroxylation is 1. The molecule has 2 aromatic heterocycles. The fourth-order valence-corrected chi connectivity index (χ4v) is 4.10. The van der Waals surface area contributed by atoms with Gasteiger partial charge in [-0.15, -0.1) is 0 Å². The van der Waals surface area contributed by atoms with Crippen LogP contribution in [0, 0.1) is 6.92 Å². The van der Waals surface area contributed by atoms with E-state index in [1.807, 2.05) is 30.2 Å². The molecule has 2 N–H and O–H groups in total. The number of likely N-dealkylation sites (tertiary alicyclic amines) is 1. The SMILES string of the molecule is Cc1ccc(C(=O)N2CCC3(CC2)NC(=O)CC3c2cccnc2)o1.O=C(O)C(F)(F)F. The lowest BCUT2D eigenvalue weighted by Crippen LogP contribution is -2.54. The van der Waals surface area contributed by atoms with E-state index in [0.29, 0.717) is 25.3 Å². The highest BCUT2D eigenvalue weighted by atomic mass is 19.4. The molecule has 4 rings (SSSR count). The zero-order valence-corrected chi connectivity index (χ0v) is 17.2. The van der Waals surface area contributed by atoms with E-state index in [1.165, 1.54) is 0 Å². The molecule has 1 spiro atoms. The third kappa shape index (κ3) is 5.09. The van der Waals surface area contributed by atoms with Gasteiger partial charge in [0.05, 0.1) is 5.54 Å². The molecule has 172 valence electrons. The molecule has 2 aromatic rings. The Bertz CT molecular complexity index is 982. The monoisotopic (exact) mass is 453 g/mol. The summed E-state index contributed by atoms with van der Waals surface area (Å²) >= 11 is 0. The van der Waals surface area contributed by atoms with Crippen LogP contribution in [0.25, 0.3) is 0 Å². The number of amides is 2. The van der Waals surface area contributed by atoms with E-state index in [0.717, 1.165) is 24.2 Å². The van der Waals surface area contributed by atoms with Crippen molar-refractivity contribution in [1.29, 1.82) is 0 Å². The predicted molar refractivity (Wildman–Crippen MR) is 105 cm³/mol. The van der Waals surface area contributed by atoms with Crippen molar-refractivity contribution in [2.75, 3.05) is 13.1 Å². The van der Waals surface area contributed by atoms with Gasteiger partial charge in [-0.3, -0.25) is 14.6 Å². The molecule has 0 aromatic carbocycles. The lowest BCUT2D eigenvalue weighted by molar-refractivity contribution is -0.192. The third-order valence-electron chi connectivity index (χ3n) is 5.67. The zero-order valence-electron chi connectivity index (χ0n) is 17.2. The van der Waals surface area contributed by atoms with Gasteiger partial charge in [0, 0.05) is 37.8 Å². The van der Waals surface area contributed by atoms with Crippen molar-refractivity contribution in [2.24, 2.45) is 0 Å². The molecule has 1 atom stereocenters. The average molecular weight is 453 g/mol. The molecule has 2 saturated heterocycles. The fraction of sp³-hybridized carbons (Fsp3) is 0.429. The Hall–Kier alpha value is -3.37. The molecule has 0 saturated carbocycles. The first-order valence-electron chi connectivity index (χ1n) is 9.88. The molecular formula is C21H22F3N3O5. The second-order valence-electron chi connectivity index (χ2n) is 7.75. The summed E-state index contributed by atoms with van der Waals surface area (Å²) in [4.78, 5) is 39.6. The van der Waals surface area contributed by atoms with E-state index >= 15 is 0 Å². The number of rotatable bonds is 2. The van der Waals surface area contributed by atoms with Crippen LogP contribution in [0.15, 0.2) is 41.1 Å². The van der Waals surface area contributed by atoms with Gasteiger partial charge in [0.15, 0.2) is 5.76 Å². The number of halogens is 3. The molecule has 1 unspecified atom stereocenters. The van der Waals surface area contributed by atoms with Gasteiger partial charge in [-0.05, 0) is 43.5 Å². The van der Waals surface area contributed by atoms with Crippen LogP contribution in [0.4, 0.5) is 13.2 Å². The van der Waals surface area contributed by atoms with Crippen molar-refractivity contribution >= 4 is 17.8 Å². The number of carbonyl (C=O) groups is 3. The number of carboxylic acid groups (broad SMARTS) is 1. The fourth-order valence-electron chi connectivity index (χ4n) is 4.10. The number of piperidine rings is 1. The van der Waals surface area contributed by atoms with E-state index < -0.39 is 12.1 Å². The summed E-state index contributed by atoms with van der Waals surface area (Å²) in [7, 11) is 0. The quantitative estimate of drug-likeness (QED) is 0.723. The Labute approximate surface area is 181 Å². The zero-order chi connectivity index (χ0) is 23.5. The van der Waals surface area contributed by atoms with Gasteiger partial charge in [-0.2, -0.15) is 13.2 Å². The minimum Gasteiger partial charge on any atom is -0.475 e. The predicted octanol–water partition coefficient (Wildman–Crippen LogP) is 2.89. The highest BCUT2D eigenvalue weighted by Crippen LogP contribution is 2.43. The maximum Gasteiger partial charge on any atom is 0.490 e. The minimum atomic E-state index is -5.08. The Balaban J connectivity index is 0.000000360. The van der Waals surface area contributed by atoms with Gasteiger partial charge in [0.25, 0.3) is 5.91 Å². The summed E-state index contributed by atoms with van der Waals surface area (Å²) in [6.07, 6.45) is 0.466. The van der Waals surface area contributed by atoms with E-state index in [9.17, 15) is 22.8 Å². The Morgan fingerprint density at radius 2 is 1.91 bits per heavy atom. The topological polar surface area (TPSA) is 113 Å². The van der Waals surface area contributed by atoms with Crippen LogP contribution in [0.3, 0.4) is 0 Å². The number of carbonyl (C=O) groups excluding carboxylic acids is 2. The van der Waals surface area contributed by atoms with Crippen molar-refractivity contribution in [3.05, 3.63) is 53.7 Å². The van der Waals surface area contributed by atoms with Crippen LogP contribution >= 0.6 is 0 Å². The summed E-state index contributed by atoms with van der Waals surface area (Å²) in [5, 5.41) is 10.3. The van der Waals surface area contributed by atoms with Crippen LogP contribution in [0.2, 0.25) is 0 Å². The van der Waals surface area contributed by atoms with Gasteiger partial charge >= 0.3 is 12.1 Å². The largest absolute Gasteiger partial charge is 0.490 e. The van der Waals surface area contributed by atoms with Crippen molar-refractivity contribution in [3.63, 3.8) is 0 Å². The van der Waals surface area contributed by atoms with Crippen molar-refractivity contribution in [3.8, 4) is 0 Å². The van der Waals surface area contributed by atoms with E-state index in [4.69, 9.17) is 14.3 Å². The summed E-state index contributed by atoms with van der Waals surface area (Å²) in [5.41, 5.74) is 0.804. The molecule has 0 bridgehead atoms. The molecule has 11 heteroatoms. The molecule has 2 aliphatic rings. The smallest absolute Gasteiger partial charge is 0.475 e. The van der Waals surface area contributed by atoms with E-state index in [1.54, 1.807) is 18.3 Å². The Kier molecular flexibility index (Phi) is 6.56. The average Bonchev–Trinajstić information content (AvgIpc) is 3.31. The molecule has 2 amide bonds. The third-order valence-corrected chi connectivity index (χ3v) is 5.67. The van der Waals surface area contributed by atoms with Gasteiger partial charge in [-0.25, -0.2) is 4.79 Å². The summed E-state index contributed by atoms with van der Waals surface area (Å²) in [6.45, 7) is 3.04. The number of nitrogens with zero attached hydrogens (tertiary/aromatic N) is 2. The second-order valence-corrected chi connectivity index (χ2v) is 7.75. The number of hydrogen-bond acceptors (Lipinski definition) is 5. The van der Waals surface area contributed by atoms with Crippen LogP contribution < -0.4 is 5.32 Å². The van der Waals surface area contributed by atoms with E-state index in [-0.39, 0.29) is 23.3 Å². The van der Waals surface area contributed by atoms with Crippen LogP contribution in [-0.2, 0) is 9.59 Å². The molecule has 2 fully saturated rings. The molecule has 32 heavy (non-hydrogen) atoms. The standard InChI is InChI=1S/C19H21N3O3.C2HF3O2/c1-13-4-5-16(25-13)18(24)22-9-6-19(7-10-22)15(11-17(23)21-19)14-3-2-8-20-12-14;3-2(4,5)1(6)7/h2-5,8,12,15H,6-7,9-11H2,1H3,(H,21,23);(H,6,7). The number of nitrogens with one attached hydrogen (secondary N) is 1. The second kappa shape index (κ2) is 9.01. The Morgan fingerprint density at radius 1 is 1.25 bits per heavy atom. The molecule has 2 aliphatic heterocycles. The molecule has 0 radical (unpaired) electrons. The van der Waals surface area contributed by atoms with Crippen LogP contribution in [0.5, 0.6) is 0 Å². The first-order chi connectivity index (χ1) is 15.0. The number of alkyl halides is 3. The van der Waals surface area contributed by atoms with Gasteiger partial charge in [0.2, 0.25) is 5.91 Å². The maximum absolute atomic E-state index is 12.6. The van der Waals surface area contributed by atoms with Gasteiger partial charge in [0.1, 0.15) is 5.76 Å². The maximum atomic E-state index is 12.6. The molecule has 8 nitrogen and oxygen atoms in total. The van der Waals surface area contributed by atoms with E-state index in [2.05, 4.69) is 10.3 Å². The summed E-state index contributed by atoms with van der Waals surface area (Å²) in [6, 6.07) is 7.46. The number of furan rings is 1. The molecular weight excluding hydrogens is 431 g/mol. The number of carboxylic acids is 1. The molecule has 0 aliphatic carbocycles. The highest BCUT2D eigenvalue weighted by molar-refractivity contribution is 5.91. The number of aliphatic carboxylic acids is 1. The lowest BCUT2D eigenvalue weighted by Gasteiger charge is -2.42. The summed E-state index contributed by atoms with van der Waals surface area (Å²) < 4.78 is 37.2. The van der Waals surface area contributed by atoms with Crippen molar-refractivity contribution in [1.82, 2.24) is 15.2 Å². The van der Waals surface area contributed by atoms with Crippen molar-refractivity contribution in [2.45, 2.75) is 43.8 Å². The van der Waals surface area contributed by atoms with Crippen LogP contribution in [0.1, 0.15) is 47.1 Å². The number of aromatic nitrogens is 1. The highest BCUT2D eigenvalue weighted by Gasteiger charge is 2.49.